The largest absolute Gasteiger partial charge is 0.348 e. The van der Waals surface area contributed by atoms with Gasteiger partial charge >= 0.3 is 0 Å². The third kappa shape index (κ3) is 5.56. The molecule has 0 aliphatic heterocycles. The van der Waals surface area contributed by atoms with Gasteiger partial charge in [0.25, 0.3) is 5.91 Å². The molecule has 3 aromatic carbocycles. The Bertz CT molecular complexity index is 986. The van der Waals surface area contributed by atoms with Gasteiger partial charge in [-0.2, -0.15) is 0 Å². The molecule has 28 heavy (non-hydrogen) atoms. The molecule has 140 valence electrons. The summed E-state index contributed by atoms with van der Waals surface area (Å²) in [5.41, 5.74) is 2.60. The third-order valence-electron chi connectivity index (χ3n) is 4.01. The van der Waals surface area contributed by atoms with E-state index in [0.717, 1.165) is 11.1 Å². The maximum Gasteiger partial charge on any atom is 0.253 e. The molecule has 3 rings (SSSR count). The summed E-state index contributed by atoms with van der Waals surface area (Å²) < 4.78 is 0. The molecule has 0 aliphatic rings. The number of hydrogen-bond acceptors (Lipinski definition) is 2. The van der Waals surface area contributed by atoms with Crippen LogP contribution in [-0.2, 0) is 11.3 Å². The van der Waals surface area contributed by atoms with Crippen LogP contribution in [0.4, 0.5) is 5.69 Å². The molecule has 0 radical (unpaired) electrons. The molecule has 0 saturated heterocycles. The van der Waals surface area contributed by atoms with E-state index in [0.29, 0.717) is 22.8 Å². The first-order chi connectivity index (χ1) is 13.6. The first-order valence-corrected chi connectivity index (χ1v) is 9.15. The molecule has 2 amide bonds. The summed E-state index contributed by atoms with van der Waals surface area (Å²) in [7, 11) is 0. The molecule has 0 aromatic heterocycles. The maximum atomic E-state index is 12.6. The summed E-state index contributed by atoms with van der Waals surface area (Å²) in [6, 6.07) is 23.9. The van der Waals surface area contributed by atoms with Crippen LogP contribution in [0.2, 0.25) is 5.02 Å². The molecule has 0 heterocycles. The number of halogens is 1. The highest BCUT2D eigenvalue weighted by molar-refractivity contribution is 6.31. The predicted octanol–water partition coefficient (Wildman–Crippen LogP) is 4.92. The second-order valence-electron chi connectivity index (χ2n) is 6.09. The van der Waals surface area contributed by atoms with Gasteiger partial charge in [-0.15, -0.1) is 0 Å². The van der Waals surface area contributed by atoms with Gasteiger partial charge in [0.2, 0.25) is 5.91 Å². The number of nitrogens with one attached hydrogen (secondary N) is 2. The molecule has 0 saturated carbocycles. The molecule has 3 aromatic rings. The number of benzene rings is 3. The Morgan fingerprint density at radius 3 is 2.29 bits per heavy atom. The van der Waals surface area contributed by atoms with Crippen molar-refractivity contribution in [2.45, 2.75) is 6.54 Å². The van der Waals surface area contributed by atoms with Gasteiger partial charge in [-0.3, -0.25) is 9.59 Å². The van der Waals surface area contributed by atoms with Crippen molar-refractivity contribution >= 4 is 35.2 Å². The number of carbonyl (C=O) groups excluding carboxylic acids is 2. The van der Waals surface area contributed by atoms with E-state index in [1.165, 1.54) is 6.08 Å². The highest BCUT2D eigenvalue weighted by Gasteiger charge is 2.13. The standard InChI is InChI=1S/C23H19ClN2O2/c24-19-12-13-21(26-22(27)14-11-17-7-3-1-4-8-17)20(15-19)23(28)25-16-18-9-5-2-6-10-18/h1-15H,16H2,(H,25,28)(H,26,27). The van der Waals surface area contributed by atoms with Crippen molar-refractivity contribution in [3.8, 4) is 0 Å². The van der Waals surface area contributed by atoms with Gasteiger partial charge in [0.1, 0.15) is 0 Å². The highest BCUT2D eigenvalue weighted by atomic mass is 35.5. The monoisotopic (exact) mass is 390 g/mol. The number of hydrogen-bond donors (Lipinski definition) is 2. The molecule has 4 nitrogen and oxygen atoms in total. The van der Waals surface area contributed by atoms with Crippen LogP contribution in [0.25, 0.3) is 6.08 Å². The summed E-state index contributed by atoms with van der Waals surface area (Å²) in [5, 5.41) is 6.01. The highest BCUT2D eigenvalue weighted by Crippen LogP contribution is 2.21. The van der Waals surface area contributed by atoms with Crippen molar-refractivity contribution in [3.05, 3.63) is 107 Å². The van der Waals surface area contributed by atoms with Crippen LogP contribution in [-0.4, -0.2) is 11.8 Å². The number of carbonyl (C=O) groups is 2. The first kappa shape index (κ1) is 19.4. The zero-order valence-corrected chi connectivity index (χ0v) is 15.8. The lowest BCUT2D eigenvalue weighted by Crippen LogP contribution is -2.24. The minimum Gasteiger partial charge on any atom is -0.348 e. The van der Waals surface area contributed by atoms with Gasteiger partial charge < -0.3 is 10.6 Å². The van der Waals surface area contributed by atoms with Crippen LogP contribution in [0.3, 0.4) is 0 Å². The number of anilines is 1. The normalized spacial score (nSPS) is 10.6. The van der Waals surface area contributed by atoms with Crippen LogP contribution in [0, 0.1) is 0 Å². The van der Waals surface area contributed by atoms with Crippen molar-refractivity contribution in [2.75, 3.05) is 5.32 Å². The molecule has 5 heteroatoms. The fourth-order valence-corrected chi connectivity index (χ4v) is 2.77. The molecule has 0 atom stereocenters. The van der Waals surface area contributed by atoms with E-state index in [9.17, 15) is 9.59 Å². The van der Waals surface area contributed by atoms with Crippen molar-refractivity contribution in [3.63, 3.8) is 0 Å². The summed E-state index contributed by atoms with van der Waals surface area (Å²) in [4.78, 5) is 24.9. The lowest BCUT2D eigenvalue weighted by Gasteiger charge is -2.11. The number of rotatable bonds is 6. The summed E-state index contributed by atoms with van der Waals surface area (Å²) >= 11 is 6.05. The van der Waals surface area contributed by atoms with E-state index < -0.39 is 0 Å². The number of amides is 2. The quantitative estimate of drug-likeness (QED) is 0.587. The Labute approximate surface area is 168 Å². The van der Waals surface area contributed by atoms with Crippen LogP contribution >= 0.6 is 11.6 Å². The SMILES string of the molecule is O=C(C=Cc1ccccc1)Nc1ccc(Cl)cc1C(=O)NCc1ccccc1. The Morgan fingerprint density at radius 1 is 0.893 bits per heavy atom. The van der Waals surface area contributed by atoms with Crippen molar-refractivity contribution < 1.29 is 9.59 Å². The lowest BCUT2D eigenvalue weighted by atomic mass is 10.1. The molecule has 0 bridgehead atoms. The lowest BCUT2D eigenvalue weighted by molar-refractivity contribution is -0.111. The van der Waals surface area contributed by atoms with Gasteiger partial charge in [0, 0.05) is 17.6 Å². The van der Waals surface area contributed by atoms with Gasteiger partial charge in [-0.05, 0) is 35.4 Å². The Kier molecular flexibility index (Phi) is 6.60. The Hall–Kier alpha value is -3.37. The van der Waals surface area contributed by atoms with Crippen LogP contribution in [0.1, 0.15) is 21.5 Å². The van der Waals surface area contributed by atoms with Crippen molar-refractivity contribution in [2.24, 2.45) is 0 Å². The van der Waals surface area contributed by atoms with E-state index in [-0.39, 0.29) is 11.8 Å². The van der Waals surface area contributed by atoms with E-state index in [2.05, 4.69) is 10.6 Å². The van der Waals surface area contributed by atoms with Gasteiger partial charge in [-0.25, -0.2) is 0 Å². The Morgan fingerprint density at radius 2 is 1.57 bits per heavy atom. The molecular weight excluding hydrogens is 372 g/mol. The summed E-state index contributed by atoms with van der Waals surface area (Å²) in [5.74, 6) is -0.642. The van der Waals surface area contributed by atoms with E-state index >= 15 is 0 Å². The maximum absolute atomic E-state index is 12.6. The van der Waals surface area contributed by atoms with Crippen LogP contribution in [0.15, 0.2) is 84.9 Å². The zero-order chi connectivity index (χ0) is 19.8. The van der Waals surface area contributed by atoms with E-state index in [1.54, 1.807) is 24.3 Å². The summed E-state index contributed by atoms with van der Waals surface area (Å²) in [6.45, 7) is 0.382. The second-order valence-corrected chi connectivity index (χ2v) is 6.53. The molecule has 0 spiro atoms. The van der Waals surface area contributed by atoms with Crippen molar-refractivity contribution in [1.82, 2.24) is 5.32 Å². The predicted molar refractivity (Wildman–Crippen MR) is 113 cm³/mol. The summed E-state index contributed by atoms with van der Waals surface area (Å²) in [6.07, 6.45) is 3.13. The van der Waals surface area contributed by atoms with Gasteiger partial charge in [0.15, 0.2) is 0 Å². The first-order valence-electron chi connectivity index (χ1n) is 8.77. The molecule has 0 aliphatic carbocycles. The fourth-order valence-electron chi connectivity index (χ4n) is 2.60. The molecule has 0 fully saturated rings. The van der Waals surface area contributed by atoms with Crippen LogP contribution < -0.4 is 10.6 Å². The minimum absolute atomic E-state index is 0.310. The molecular formula is C23H19ClN2O2. The average Bonchev–Trinajstić information content (AvgIpc) is 2.73. The average molecular weight is 391 g/mol. The fraction of sp³-hybridized carbons (Fsp3) is 0.0435. The second kappa shape index (κ2) is 9.53. The molecule has 0 unspecified atom stereocenters. The smallest absolute Gasteiger partial charge is 0.253 e. The third-order valence-corrected chi connectivity index (χ3v) is 4.24. The Balaban J connectivity index is 1.70. The topological polar surface area (TPSA) is 58.2 Å². The van der Waals surface area contributed by atoms with E-state index in [1.807, 2.05) is 60.7 Å². The van der Waals surface area contributed by atoms with Gasteiger partial charge in [-0.1, -0.05) is 72.3 Å². The van der Waals surface area contributed by atoms with Crippen LogP contribution in [0.5, 0.6) is 0 Å². The zero-order valence-electron chi connectivity index (χ0n) is 15.1. The minimum atomic E-state index is -0.330. The molecule has 2 N–H and O–H groups in total. The van der Waals surface area contributed by atoms with E-state index in [4.69, 9.17) is 11.6 Å². The van der Waals surface area contributed by atoms with Gasteiger partial charge in [0.05, 0.1) is 11.3 Å². The van der Waals surface area contributed by atoms with Crippen molar-refractivity contribution in [1.29, 1.82) is 0 Å².